The maximum atomic E-state index is 13.4. The number of nitrogens with zero attached hydrogens (tertiary/aromatic N) is 4. The maximum Gasteiger partial charge on any atom is 0.254 e. The number of ether oxygens (including phenoxy) is 1. The molecular formula is C29H36ClN5O4. The van der Waals surface area contributed by atoms with Gasteiger partial charge in [-0.25, -0.2) is 4.98 Å². The van der Waals surface area contributed by atoms with Crippen molar-refractivity contribution >= 4 is 35.1 Å². The number of hydrogen-bond acceptors (Lipinski definition) is 6. The highest BCUT2D eigenvalue weighted by Gasteiger charge is 2.41. The van der Waals surface area contributed by atoms with Crippen LogP contribution < -0.4 is 5.32 Å². The van der Waals surface area contributed by atoms with Crippen molar-refractivity contribution in [1.82, 2.24) is 19.7 Å². The molecule has 3 aliphatic rings. The molecule has 1 aromatic heterocycles. The number of amides is 3. The lowest BCUT2D eigenvalue weighted by molar-refractivity contribution is -0.136. The molecule has 0 radical (unpaired) electrons. The van der Waals surface area contributed by atoms with Crippen molar-refractivity contribution in [3.05, 3.63) is 57.7 Å². The Balaban J connectivity index is 1.21. The summed E-state index contributed by atoms with van der Waals surface area (Å²) in [5.74, 6) is 0.0200. The van der Waals surface area contributed by atoms with Crippen LogP contribution in [0.15, 0.2) is 30.3 Å². The van der Waals surface area contributed by atoms with Crippen LogP contribution in [0.25, 0.3) is 0 Å². The van der Waals surface area contributed by atoms with E-state index in [1.54, 1.807) is 28.9 Å². The molecular weight excluding hydrogens is 518 g/mol. The lowest BCUT2D eigenvalue weighted by atomic mass is 10.0. The zero-order valence-electron chi connectivity index (χ0n) is 22.6. The molecule has 5 rings (SSSR count). The van der Waals surface area contributed by atoms with Gasteiger partial charge in [0.05, 0.1) is 13.2 Å². The van der Waals surface area contributed by atoms with Crippen molar-refractivity contribution in [2.45, 2.75) is 58.2 Å². The van der Waals surface area contributed by atoms with Gasteiger partial charge < -0.3 is 19.9 Å². The number of aryl methyl sites for hydroxylation is 2. The zero-order valence-corrected chi connectivity index (χ0v) is 23.4. The molecule has 9 nitrogen and oxygen atoms in total. The van der Waals surface area contributed by atoms with E-state index in [0.29, 0.717) is 56.2 Å². The summed E-state index contributed by atoms with van der Waals surface area (Å²) >= 11 is 6.17. The number of nitrogens with one attached hydrogen (secondary N) is 1. The van der Waals surface area contributed by atoms with Crippen molar-refractivity contribution in [3.63, 3.8) is 0 Å². The molecule has 3 aliphatic heterocycles. The van der Waals surface area contributed by atoms with Gasteiger partial charge >= 0.3 is 0 Å². The number of likely N-dealkylation sites (tertiary alicyclic amines) is 2. The second kappa shape index (κ2) is 12.0. The quantitative estimate of drug-likeness (QED) is 0.589. The average molecular weight is 554 g/mol. The average Bonchev–Trinajstić information content (AvgIpc) is 3.32. The molecule has 1 unspecified atom stereocenters. The van der Waals surface area contributed by atoms with E-state index >= 15 is 0 Å². The Bertz CT molecular complexity index is 1240. The Morgan fingerprint density at radius 3 is 2.51 bits per heavy atom. The predicted octanol–water partition coefficient (Wildman–Crippen LogP) is 3.42. The molecule has 10 heteroatoms. The van der Waals surface area contributed by atoms with Crippen LogP contribution in [0.3, 0.4) is 0 Å². The fourth-order valence-corrected chi connectivity index (χ4v) is 5.97. The summed E-state index contributed by atoms with van der Waals surface area (Å²) < 4.78 is 5.35. The van der Waals surface area contributed by atoms with Crippen molar-refractivity contribution in [2.75, 3.05) is 44.7 Å². The van der Waals surface area contributed by atoms with Gasteiger partial charge in [0, 0.05) is 61.5 Å². The number of rotatable bonds is 6. The Morgan fingerprint density at radius 2 is 1.79 bits per heavy atom. The van der Waals surface area contributed by atoms with Gasteiger partial charge in [0.25, 0.3) is 5.91 Å². The first-order valence-corrected chi connectivity index (χ1v) is 14.1. The summed E-state index contributed by atoms with van der Waals surface area (Å²) in [6, 6.07) is 8.98. The Hall–Kier alpha value is -3.01. The minimum atomic E-state index is -0.534. The number of morpholine rings is 1. The van der Waals surface area contributed by atoms with Crippen molar-refractivity contribution in [3.8, 4) is 0 Å². The summed E-state index contributed by atoms with van der Waals surface area (Å²) in [6.45, 7) is 8.49. The highest BCUT2D eigenvalue weighted by atomic mass is 35.5. The maximum absolute atomic E-state index is 13.4. The third kappa shape index (κ3) is 6.42. The van der Waals surface area contributed by atoms with E-state index < -0.39 is 6.04 Å². The molecule has 0 spiro atoms. The molecule has 3 fully saturated rings. The molecule has 3 saturated heterocycles. The van der Waals surface area contributed by atoms with E-state index in [-0.39, 0.29) is 23.8 Å². The summed E-state index contributed by atoms with van der Waals surface area (Å²) in [7, 11) is 0. The van der Waals surface area contributed by atoms with Gasteiger partial charge in [-0.1, -0.05) is 23.7 Å². The number of hydrogen-bond donors (Lipinski definition) is 1. The lowest BCUT2D eigenvalue weighted by Crippen LogP contribution is -2.51. The minimum Gasteiger partial charge on any atom is -0.378 e. The Labute approximate surface area is 234 Å². The third-order valence-corrected chi connectivity index (χ3v) is 8.31. The zero-order chi connectivity index (χ0) is 27.5. The SMILES string of the molecule is Cc1cc(C(=O)N2CCOCC2)cc(NC(=O)C2CCC(=O)N2C2CCN(Cc3ccc(Cl)c(C)c3)CC2)n1. The molecule has 1 aromatic carbocycles. The number of pyridine rings is 1. The van der Waals surface area contributed by atoms with Gasteiger partial charge in [-0.2, -0.15) is 0 Å². The fraction of sp³-hybridized carbons (Fsp3) is 0.517. The van der Waals surface area contributed by atoms with Crippen molar-refractivity contribution in [2.24, 2.45) is 0 Å². The van der Waals surface area contributed by atoms with Gasteiger partial charge in [-0.15, -0.1) is 0 Å². The largest absolute Gasteiger partial charge is 0.378 e. The third-order valence-electron chi connectivity index (χ3n) is 7.89. The number of anilines is 1. The molecule has 0 saturated carbocycles. The first-order valence-electron chi connectivity index (χ1n) is 13.7. The predicted molar refractivity (Wildman–Crippen MR) is 149 cm³/mol. The number of halogens is 1. The van der Waals surface area contributed by atoms with Crippen LogP contribution in [0.5, 0.6) is 0 Å². The topological polar surface area (TPSA) is 95.1 Å². The highest BCUT2D eigenvalue weighted by molar-refractivity contribution is 6.31. The molecule has 0 aliphatic carbocycles. The Kier molecular flexibility index (Phi) is 8.49. The summed E-state index contributed by atoms with van der Waals surface area (Å²) in [6.07, 6.45) is 2.50. The van der Waals surface area contributed by atoms with E-state index in [0.717, 1.165) is 43.1 Å². The molecule has 39 heavy (non-hydrogen) atoms. The van der Waals surface area contributed by atoms with Crippen molar-refractivity contribution in [1.29, 1.82) is 0 Å². The monoisotopic (exact) mass is 553 g/mol. The normalized spacial score (nSPS) is 20.9. The van der Waals surface area contributed by atoms with Gasteiger partial charge in [0.2, 0.25) is 11.8 Å². The summed E-state index contributed by atoms with van der Waals surface area (Å²) in [5, 5.41) is 3.68. The molecule has 4 heterocycles. The van der Waals surface area contributed by atoms with E-state index in [4.69, 9.17) is 16.3 Å². The van der Waals surface area contributed by atoms with E-state index in [2.05, 4.69) is 27.3 Å². The minimum absolute atomic E-state index is 0.0299. The van der Waals surface area contributed by atoms with Crippen LogP contribution in [-0.2, 0) is 20.9 Å². The number of piperidine rings is 1. The highest BCUT2D eigenvalue weighted by Crippen LogP contribution is 2.29. The Morgan fingerprint density at radius 1 is 1.05 bits per heavy atom. The van der Waals surface area contributed by atoms with E-state index in [1.807, 2.05) is 13.0 Å². The molecule has 3 amide bonds. The fourth-order valence-electron chi connectivity index (χ4n) is 5.85. The van der Waals surface area contributed by atoms with E-state index in [1.165, 1.54) is 5.56 Å². The van der Waals surface area contributed by atoms with Crippen LogP contribution in [0, 0.1) is 13.8 Å². The summed E-state index contributed by atoms with van der Waals surface area (Å²) in [4.78, 5) is 49.7. The molecule has 0 bridgehead atoms. The first kappa shape index (κ1) is 27.6. The molecule has 2 aromatic rings. The first-order chi connectivity index (χ1) is 18.8. The van der Waals surface area contributed by atoms with E-state index in [9.17, 15) is 14.4 Å². The molecule has 1 atom stereocenters. The summed E-state index contributed by atoms with van der Waals surface area (Å²) in [5.41, 5.74) is 3.43. The smallest absolute Gasteiger partial charge is 0.254 e. The van der Waals surface area contributed by atoms with Crippen LogP contribution >= 0.6 is 11.6 Å². The van der Waals surface area contributed by atoms with Crippen LogP contribution in [0.4, 0.5) is 5.82 Å². The lowest BCUT2D eigenvalue weighted by Gasteiger charge is -2.39. The van der Waals surface area contributed by atoms with Gasteiger partial charge in [-0.3, -0.25) is 19.3 Å². The van der Waals surface area contributed by atoms with Crippen LogP contribution in [0.2, 0.25) is 5.02 Å². The van der Waals surface area contributed by atoms with Gasteiger partial charge in [0.1, 0.15) is 11.9 Å². The standard InChI is InChI=1S/C29H36ClN5O4/c1-19-15-21(3-4-24(19)30)18-33-9-7-23(8-10-33)35-25(5-6-27(35)36)28(37)32-26-17-22(16-20(2)31-26)29(38)34-11-13-39-14-12-34/h3-4,15-17,23,25H,5-14,18H2,1-2H3,(H,31,32,37). The second-order valence-electron chi connectivity index (χ2n) is 10.7. The number of carbonyl (C=O) groups is 3. The van der Waals surface area contributed by atoms with Gasteiger partial charge in [0.15, 0.2) is 0 Å². The number of aromatic nitrogens is 1. The van der Waals surface area contributed by atoms with Gasteiger partial charge in [-0.05, 0) is 62.4 Å². The molecule has 208 valence electrons. The molecule has 1 N–H and O–H groups in total. The number of benzene rings is 1. The number of carbonyl (C=O) groups excluding carboxylic acids is 3. The van der Waals surface area contributed by atoms with Crippen LogP contribution in [-0.4, -0.2) is 88.9 Å². The second-order valence-corrected chi connectivity index (χ2v) is 11.1. The van der Waals surface area contributed by atoms with Crippen molar-refractivity contribution < 1.29 is 19.1 Å². The van der Waals surface area contributed by atoms with Crippen LogP contribution in [0.1, 0.15) is 52.9 Å².